The van der Waals surface area contributed by atoms with Crippen molar-refractivity contribution in [3.8, 4) is 5.75 Å². The van der Waals surface area contributed by atoms with Crippen LogP contribution in [-0.2, 0) is 35.0 Å². The van der Waals surface area contributed by atoms with E-state index >= 15 is 0 Å². The van der Waals surface area contributed by atoms with Crippen LogP contribution in [0.3, 0.4) is 0 Å². The molecule has 2 amide bonds. The summed E-state index contributed by atoms with van der Waals surface area (Å²) in [6.45, 7) is 8.40. The van der Waals surface area contributed by atoms with E-state index in [1.54, 1.807) is 46.8 Å². The quantitative estimate of drug-likeness (QED) is 0.477. The summed E-state index contributed by atoms with van der Waals surface area (Å²) < 4.78 is 28.3. The Morgan fingerprint density at radius 2 is 1.72 bits per heavy atom. The van der Waals surface area contributed by atoms with Crippen LogP contribution in [0.15, 0.2) is 24.3 Å². The molecule has 0 aromatic heterocycles. The van der Waals surface area contributed by atoms with E-state index in [1.807, 2.05) is 24.3 Å². The van der Waals surface area contributed by atoms with E-state index < -0.39 is 41.1 Å². The molecular weight excluding hydrogens is 504 g/mol. The number of carbonyl (C=O) groups excluding carboxylic acids is 3. The van der Waals surface area contributed by atoms with Crippen molar-refractivity contribution in [2.24, 2.45) is 0 Å². The zero-order valence-corrected chi connectivity index (χ0v) is 24.0. The largest absolute Gasteiger partial charge is 0.497 e. The number of nitrogens with zero attached hydrogens (tertiary/aromatic N) is 2. The van der Waals surface area contributed by atoms with Gasteiger partial charge in [-0.3, -0.25) is 9.69 Å². The van der Waals surface area contributed by atoms with Crippen LogP contribution in [-0.4, -0.2) is 90.8 Å². The van der Waals surface area contributed by atoms with E-state index in [9.17, 15) is 14.4 Å². The fourth-order valence-electron chi connectivity index (χ4n) is 6.02. The molecule has 4 rings (SSSR count). The van der Waals surface area contributed by atoms with Crippen molar-refractivity contribution < 1.29 is 38.1 Å². The Hall–Kier alpha value is -2.85. The molecule has 3 fully saturated rings. The number of likely N-dealkylation sites (tertiary alicyclic amines) is 1. The average Bonchev–Trinajstić information content (AvgIpc) is 3.46. The molecular formula is C29H42N2O8. The van der Waals surface area contributed by atoms with Crippen LogP contribution in [0.1, 0.15) is 65.4 Å². The molecule has 39 heavy (non-hydrogen) atoms. The molecule has 0 bridgehead atoms. The minimum Gasteiger partial charge on any atom is -0.497 e. The van der Waals surface area contributed by atoms with Crippen LogP contribution < -0.4 is 4.74 Å². The lowest BCUT2D eigenvalue weighted by Crippen LogP contribution is -2.58. The molecule has 2 saturated heterocycles. The first-order chi connectivity index (χ1) is 18.4. The molecule has 2 aliphatic heterocycles. The topological polar surface area (TPSA) is 104 Å². The van der Waals surface area contributed by atoms with Crippen molar-refractivity contribution in [1.82, 2.24) is 9.80 Å². The molecule has 10 nitrogen and oxygen atoms in total. The number of likely N-dealkylation sites (N-methyl/N-ethyl adjacent to an activating group) is 1. The van der Waals surface area contributed by atoms with Crippen LogP contribution in [0.2, 0.25) is 0 Å². The molecule has 1 aliphatic carbocycles. The smallest absolute Gasteiger partial charge is 0.410 e. The van der Waals surface area contributed by atoms with Gasteiger partial charge in [-0.15, -0.1) is 0 Å². The number of hydrogen-bond acceptors (Lipinski definition) is 8. The van der Waals surface area contributed by atoms with E-state index in [1.165, 1.54) is 4.90 Å². The lowest BCUT2D eigenvalue weighted by atomic mass is 9.75. The first-order valence-electron chi connectivity index (χ1n) is 13.8. The number of hydrogen-bond donors (Lipinski definition) is 0. The fraction of sp³-hybridized carbons (Fsp3) is 0.690. The molecule has 3 aliphatic rings. The maximum absolute atomic E-state index is 14.2. The third-order valence-electron chi connectivity index (χ3n) is 7.97. The van der Waals surface area contributed by atoms with Crippen molar-refractivity contribution in [3.63, 3.8) is 0 Å². The monoisotopic (exact) mass is 546 g/mol. The van der Waals surface area contributed by atoms with Crippen LogP contribution in [0.25, 0.3) is 0 Å². The predicted octanol–water partition coefficient (Wildman–Crippen LogP) is 3.69. The predicted molar refractivity (Wildman–Crippen MR) is 142 cm³/mol. The summed E-state index contributed by atoms with van der Waals surface area (Å²) in [5, 5.41) is 0. The highest BCUT2D eigenvalue weighted by Gasteiger charge is 2.60. The first kappa shape index (κ1) is 29.1. The minimum absolute atomic E-state index is 0.193. The molecule has 216 valence electrons. The van der Waals surface area contributed by atoms with Gasteiger partial charge in [0.05, 0.1) is 26.9 Å². The summed E-state index contributed by atoms with van der Waals surface area (Å²) >= 11 is 0. The third-order valence-corrected chi connectivity index (χ3v) is 7.97. The van der Waals surface area contributed by atoms with E-state index in [-0.39, 0.29) is 18.9 Å². The molecule has 1 aromatic carbocycles. The second-order valence-electron chi connectivity index (χ2n) is 11.7. The molecule has 10 heteroatoms. The van der Waals surface area contributed by atoms with Crippen molar-refractivity contribution in [2.45, 2.75) is 95.2 Å². The standard InChI is InChI=1S/C29H42N2O8/c1-7-36-25(33)22(18-20-8-10-21(35-6)11-9-20)31-24(32)23(30(5)26(34)39-27(2,3)4)19-28(31)12-14-29(15-13-28)37-16-17-38-29/h8-11,22-23H,7,12-19H2,1-6H3/t22-,23-/m0/s1. The molecule has 0 unspecified atom stereocenters. The summed E-state index contributed by atoms with van der Waals surface area (Å²) in [6, 6.07) is 5.81. The highest BCUT2D eigenvalue weighted by atomic mass is 16.7. The number of amides is 2. The Labute approximate surface area is 230 Å². The Morgan fingerprint density at radius 1 is 1.10 bits per heavy atom. The Balaban J connectivity index is 1.69. The van der Waals surface area contributed by atoms with Crippen molar-refractivity contribution in [3.05, 3.63) is 29.8 Å². The number of ether oxygens (including phenoxy) is 5. The van der Waals surface area contributed by atoms with Gasteiger partial charge in [0.1, 0.15) is 23.4 Å². The first-order valence-corrected chi connectivity index (χ1v) is 13.8. The van der Waals surface area contributed by atoms with Crippen LogP contribution in [0.4, 0.5) is 4.79 Å². The van der Waals surface area contributed by atoms with Crippen LogP contribution in [0, 0.1) is 0 Å². The highest BCUT2D eigenvalue weighted by molar-refractivity contribution is 5.92. The Bertz CT molecular complexity index is 1030. The average molecular weight is 547 g/mol. The molecule has 2 spiro atoms. The number of rotatable bonds is 7. The molecule has 1 aromatic rings. The van der Waals surface area contributed by atoms with Gasteiger partial charge >= 0.3 is 12.1 Å². The van der Waals surface area contributed by atoms with Gasteiger partial charge in [-0.25, -0.2) is 9.59 Å². The number of esters is 1. The Morgan fingerprint density at radius 3 is 2.26 bits per heavy atom. The van der Waals surface area contributed by atoms with E-state index in [2.05, 4.69) is 0 Å². The SMILES string of the molecule is CCOC(=O)[C@H](Cc1ccc(OC)cc1)N1C(=O)[C@@H](N(C)C(=O)OC(C)(C)C)CC12CCC1(CC2)OCCO1. The second-order valence-corrected chi connectivity index (χ2v) is 11.7. The third kappa shape index (κ3) is 6.17. The van der Waals surface area contributed by atoms with E-state index in [0.29, 0.717) is 51.1 Å². The van der Waals surface area contributed by atoms with Crippen molar-refractivity contribution in [1.29, 1.82) is 0 Å². The summed E-state index contributed by atoms with van der Waals surface area (Å²) in [4.78, 5) is 43.8. The summed E-state index contributed by atoms with van der Waals surface area (Å²) in [7, 11) is 3.18. The summed E-state index contributed by atoms with van der Waals surface area (Å²) in [5.74, 6) is -0.687. The zero-order chi connectivity index (χ0) is 28.4. The van der Waals surface area contributed by atoms with Gasteiger partial charge < -0.3 is 28.6 Å². The number of carbonyl (C=O) groups is 3. The maximum atomic E-state index is 14.2. The Kier molecular flexibility index (Phi) is 8.47. The summed E-state index contributed by atoms with van der Waals surface area (Å²) in [6.07, 6.45) is 2.44. The molecule has 1 saturated carbocycles. The second kappa shape index (κ2) is 11.3. The molecule has 0 radical (unpaired) electrons. The highest BCUT2D eigenvalue weighted by Crippen LogP contribution is 2.50. The van der Waals surface area contributed by atoms with Gasteiger partial charge in [-0.05, 0) is 58.2 Å². The lowest BCUT2D eigenvalue weighted by molar-refractivity contribution is -0.196. The van der Waals surface area contributed by atoms with Gasteiger partial charge in [0.25, 0.3) is 0 Å². The minimum atomic E-state index is -0.859. The molecule has 0 N–H and O–H groups in total. The summed E-state index contributed by atoms with van der Waals surface area (Å²) in [5.41, 5.74) is -0.501. The molecule has 2 atom stereocenters. The van der Waals surface area contributed by atoms with Gasteiger partial charge in [-0.2, -0.15) is 0 Å². The van der Waals surface area contributed by atoms with Gasteiger partial charge in [0.2, 0.25) is 5.91 Å². The van der Waals surface area contributed by atoms with E-state index in [4.69, 9.17) is 23.7 Å². The van der Waals surface area contributed by atoms with Crippen LogP contribution >= 0.6 is 0 Å². The fourth-order valence-corrected chi connectivity index (χ4v) is 6.02. The van der Waals surface area contributed by atoms with Gasteiger partial charge in [-0.1, -0.05) is 12.1 Å². The van der Waals surface area contributed by atoms with E-state index in [0.717, 1.165) is 5.56 Å². The maximum Gasteiger partial charge on any atom is 0.410 e. The van der Waals surface area contributed by atoms with Gasteiger partial charge in [0.15, 0.2) is 5.79 Å². The molecule has 2 heterocycles. The van der Waals surface area contributed by atoms with Crippen molar-refractivity contribution in [2.75, 3.05) is 34.0 Å². The van der Waals surface area contributed by atoms with Crippen molar-refractivity contribution >= 4 is 18.0 Å². The van der Waals surface area contributed by atoms with Crippen LogP contribution in [0.5, 0.6) is 5.75 Å². The number of methoxy groups -OCH3 is 1. The zero-order valence-electron chi connectivity index (χ0n) is 24.0. The normalized spacial score (nSPS) is 22.7. The van der Waals surface area contributed by atoms with Gasteiger partial charge in [0, 0.05) is 38.3 Å². The lowest BCUT2D eigenvalue weighted by Gasteiger charge is -2.48. The number of benzene rings is 1.